The van der Waals surface area contributed by atoms with Crippen molar-refractivity contribution in [2.75, 3.05) is 26.2 Å². The second kappa shape index (κ2) is 8.50. The summed E-state index contributed by atoms with van der Waals surface area (Å²) in [6.45, 7) is 6.78. The summed E-state index contributed by atoms with van der Waals surface area (Å²) in [7, 11) is 0. The zero-order valence-electron chi connectivity index (χ0n) is 14.9. The van der Waals surface area contributed by atoms with Crippen LogP contribution in [0.25, 0.3) is 0 Å². The number of piperazine rings is 1. The molecule has 7 nitrogen and oxygen atoms in total. The molecule has 0 aliphatic carbocycles. The number of hydrogen-bond donors (Lipinski definition) is 1. The van der Waals surface area contributed by atoms with Crippen molar-refractivity contribution in [1.29, 1.82) is 0 Å². The molecule has 0 unspecified atom stereocenters. The number of carbonyl (C=O) groups is 3. The van der Waals surface area contributed by atoms with Gasteiger partial charge in [0.25, 0.3) is 5.91 Å². The molecular weight excluding hydrogens is 322 g/mol. The van der Waals surface area contributed by atoms with E-state index in [1.54, 1.807) is 37.8 Å². The lowest BCUT2D eigenvalue weighted by Gasteiger charge is -2.35. The Morgan fingerprint density at radius 3 is 2.08 bits per heavy atom. The molecule has 1 atom stereocenters. The molecular formula is C18H25N3O4. The van der Waals surface area contributed by atoms with Crippen molar-refractivity contribution in [3.63, 3.8) is 0 Å². The van der Waals surface area contributed by atoms with Gasteiger partial charge in [0.2, 0.25) is 0 Å². The van der Waals surface area contributed by atoms with Crippen molar-refractivity contribution >= 4 is 17.7 Å². The number of benzene rings is 1. The topological polar surface area (TPSA) is 79.0 Å². The number of hydrogen-bond acceptors (Lipinski definition) is 4. The number of ether oxygens (including phenoxy) is 1. The highest BCUT2D eigenvalue weighted by Gasteiger charge is 2.30. The van der Waals surface area contributed by atoms with E-state index in [1.165, 1.54) is 4.90 Å². The minimum atomic E-state index is -0.603. The lowest BCUT2D eigenvalue weighted by atomic mass is 10.2. The number of rotatable bonds is 4. The van der Waals surface area contributed by atoms with Crippen LogP contribution in [0, 0.1) is 0 Å². The molecule has 7 heteroatoms. The normalized spacial score (nSPS) is 15.7. The molecule has 0 aromatic heterocycles. The maximum Gasteiger partial charge on any atom is 0.312 e. The molecule has 0 spiro atoms. The van der Waals surface area contributed by atoms with Crippen molar-refractivity contribution in [2.45, 2.75) is 32.9 Å². The SMILES string of the molecule is CC(C)NC(=O)C(=O)N1CCN(C(=O)[C@@H](C)Oc2ccccc2)CC1. The van der Waals surface area contributed by atoms with Gasteiger partial charge >= 0.3 is 11.8 Å². The van der Waals surface area contributed by atoms with E-state index < -0.39 is 17.9 Å². The summed E-state index contributed by atoms with van der Waals surface area (Å²) in [5, 5.41) is 2.59. The molecule has 1 heterocycles. The zero-order valence-corrected chi connectivity index (χ0v) is 14.9. The van der Waals surface area contributed by atoms with Crippen LogP contribution in [0.15, 0.2) is 30.3 Å². The highest BCUT2D eigenvalue weighted by molar-refractivity contribution is 6.35. The van der Waals surface area contributed by atoms with Gasteiger partial charge in [-0.2, -0.15) is 0 Å². The number of nitrogens with zero attached hydrogens (tertiary/aromatic N) is 2. The summed E-state index contributed by atoms with van der Waals surface area (Å²) in [5.74, 6) is -0.630. The second-order valence-corrected chi connectivity index (χ2v) is 6.32. The third-order valence-corrected chi connectivity index (χ3v) is 3.90. The second-order valence-electron chi connectivity index (χ2n) is 6.32. The first-order valence-corrected chi connectivity index (χ1v) is 8.48. The maximum atomic E-state index is 12.5. The summed E-state index contributed by atoms with van der Waals surface area (Å²) in [6.07, 6.45) is -0.603. The molecule has 0 saturated carbocycles. The molecule has 1 aromatic rings. The minimum absolute atomic E-state index is 0.0877. The highest BCUT2D eigenvalue weighted by atomic mass is 16.5. The fraction of sp³-hybridized carbons (Fsp3) is 0.500. The number of para-hydroxylation sites is 1. The summed E-state index contributed by atoms with van der Waals surface area (Å²) < 4.78 is 5.65. The Morgan fingerprint density at radius 2 is 1.52 bits per heavy atom. The van der Waals surface area contributed by atoms with Gasteiger partial charge in [-0.05, 0) is 32.9 Å². The van der Waals surface area contributed by atoms with Crippen LogP contribution in [0.4, 0.5) is 0 Å². The molecule has 2 rings (SSSR count). The van der Waals surface area contributed by atoms with Gasteiger partial charge in [-0.25, -0.2) is 0 Å². The van der Waals surface area contributed by atoms with Crippen molar-refractivity contribution in [1.82, 2.24) is 15.1 Å². The van der Waals surface area contributed by atoms with E-state index in [9.17, 15) is 14.4 Å². The Balaban J connectivity index is 1.83. The Morgan fingerprint density at radius 1 is 0.960 bits per heavy atom. The summed E-state index contributed by atoms with van der Waals surface area (Å²) >= 11 is 0. The monoisotopic (exact) mass is 347 g/mol. The van der Waals surface area contributed by atoms with Crippen LogP contribution in [0.3, 0.4) is 0 Å². The predicted molar refractivity (Wildman–Crippen MR) is 93.0 cm³/mol. The standard InChI is InChI=1S/C18H25N3O4/c1-13(2)19-16(22)18(24)21-11-9-20(10-12-21)17(23)14(3)25-15-7-5-4-6-8-15/h4-8,13-14H,9-12H2,1-3H3,(H,19,22)/t14-/m1/s1. The number of carbonyl (C=O) groups excluding carboxylic acids is 3. The van der Waals surface area contributed by atoms with E-state index in [0.717, 1.165) is 0 Å². The molecule has 1 aliphatic rings. The quantitative estimate of drug-likeness (QED) is 0.811. The molecule has 1 aromatic carbocycles. The molecule has 1 aliphatic heterocycles. The largest absolute Gasteiger partial charge is 0.481 e. The average Bonchev–Trinajstić information content (AvgIpc) is 2.60. The summed E-state index contributed by atoms with van der Waals surface area (Å²) in [4.78, 5) is 39.5. The van der Waals surface area contributed by atoms with Crippen LogP contribution in [-0.4, -0.2) is 65.8 Å². The third kappa shape index (κ3) is 5.20. The molecule has 1 fully saturated rings. The van der Waals surface area contributed by atoms with E-state index in [1.807, 2.05) is 18.2 Å². The third-order valence-electron chi connectivity index (χ3n) is 3.90. The Bertz CT molecular complexity index is 610. The van der Waals surface area contributed by atoms with Crippen LogP contribution in [0.1, 0.15) is 20.8 Å². The van der Waals surface area contributed by atoms with Crippen LogP contribution < -0.4 is 10.1 Å². The van der Waals surface area contributed by atoms with Crippen molar-refractivity contribution in [2.24, 2.45) is 0 Å². The predicted octanol–water partition coefficient (Wildman–Crippen LogP) is 0.649. The highest BCUT2D eigenvalue weighted by Crippen LogP contribution is 2.13. The van der Waals surface area contributed by atoms with Crippen molar-refractivity contribution < 1.29 is 19.1 Å². The molecule has 25 heavy (non-hydrogen) atoms. The molecule has 0 radical (unpaired) electrons. The van der Waals surface area contributed by atoms with Crippen molar-refractivity contribution in [3.05, 3.63) is 30.3 Å². The Kier molecular flexibility index (Phi) is 6.38. The maximum absolute atomic E-state index is 12.5. The van der Waals surface area contributed by atoms with Gasteiger partial charge in [-0.1, -0.05) is 18.2 Å². The van der Waals surface area contributed by atoms with Crippen LogP contribution >= 0.6 is 0 Å². The van der Waals surface area contributed by atoms with E-state index >= 15 is 0 Å². The Labute approximate surface area is 147 Å². The molecule has 1 N–H and O–H groups in total. The van der Waals surface area contributed by atoms with Gasteiger partial charge in [0.1, 0.15) is 5.75 Å². The number of amides is 3. The summed E-state index contributed by atoms with van der Waals surface area (Å²) in [6, 6.07) is 9.08. The average molecular weight is 347 g/mol. The van der Waals surface area contributed by atoms with E-state index in [4.69, 9.17) is 4.74 Å². The van der Waals surface area contributed by atoms with Crippen LogP contribution in [0.5, 0.6) is 5.75 Å². The summed E-state index contributed by atoms with van der Waals surface area (Å²) in [5.41, 5.74) is 0. The number of nitrogens with one attached hydrogen (secondary N) is 1. The molecule has 3 amide bonds. The van der Waals surface area contributed by atoms with Crippen LogP contribution in [-0.2, 0) is 14.4 Å². The Hall–Kier alpha value is -2.57. The molecule has 1 saturated heterocycles. The fourth-order valence-electron chi connectivity index (χ4n) is 2.61. The van der Waals surface area contributed by atoms with Gasteiger partial charge in [0.15, 0.2) is 6.10 Å². The first-order valence-electron chi connectivity index (χ1n) is 8.48. The van der Waals surface area contributed by atoms with E-state index in [2.05, 4.69) is 5.32 Å². The van der Waals surface area contributed by atoms with Crippen LogP contribution in [0.2, 0.25) is 0 Å². The molecule has 0 bridgehead atoms. The van der Waals surface area contributed by atoms with E-state index in [0.29, 0.717) is 31.9 Å². The van der Waals surface area contributed by atoms with E-state index in [-0.39, 0.29) is 11.9 Å². The fourth-order valence-corrected chi connectivity index (χ4v) is 2.61. The smallest absolute Gasteiger partial charge is 0.312 e. The first-order chi connectivity index (χ1) is 11.9. The lowest BCUT2D eigenvalue weighted by Crippen LogP contribution is -2.56. The zero-order chi connectivity index (χ0) is 18.4. The van der Waals surface area contributed by atoms with Gasteiger partial charge in [0, 0.05) is 32.2 Å². The van der Waals surface area contributed by atoms with Gasteiger partial charge < -0.3 is 19.9 Å². The molecule has 136 valence electrons. The van der Waals surface area contributed by atoms with Gasteiger partial charge in [-0.15, -0.1) is 0 Å². The first kappa shape index (κ1) is 18.8. The lowest BCUT2D eigenvalue weighted by molar-refractivity contribution is -0.149. The van der Waals surface area contributed by atoms with Gasteiger partial charge in [-0.3, -0.25) is 14.4 Å². The van der Waals surface area contributed by atoms with Gasteiger partial charge in [0.05, 0.1) is 0 Å². The minimum Gasteiger partial charge on any atom is -0.481 e. The van der Waals surface area contributed by atoms with Crippen molar-refractivity contribution in [3.8, 4) is 5.75 Å².